The van der Waals surface area contributed by atoms with Crippen molar-refractivity contribution in [2.75, 3.05) is 0 Å². The van der Waals surface area contributed by atoms with E-state index in [0.717, 1.165) is 50.5 Å². The Bertz CT molecular complexity index is 2920. The third kappa shape index (κ3) is 5.36. The maximum atomic E-state index is 7.15. The number of aromatic nitrogens is 4. The van der Waals surface area contributed by atoms with Gasteiger partial charge in [0.15, 0.2) is 17.5 Å². The lowest BCUT2D eigenvalue weighted by Gasteiger charge is -2.22. The minimum absolute atomic E-state index is 0.0394. The molecule has 2 aliphatic rings. The molecule has 11 rings (SSSR count). The number of rotatable bonds is 6. The van der Waals surface area contributed by atoms with E-state index in [0.29, 0.717) is 17.5 Å². The zero-order valence-corrected chi connectivity index (χ0v) is 30.3. The minimum atomic E-state index is -0.207. The van der Waals surface area contributed by atoms with Crippen molar-refractivity contribution < 1.29 is 4.74 Å². The Morgan fingerprint density at radius 2 is 0.964 bits per heavy atom. The van der Waals surface area contributed by atoms with Crippen LogP contribution in [-0.2, 0) is 0 Å². The van der Waals surface area contributed by atoms with Crippen LogP contribution >= 0.6 is 0 Å². The Labute approximate surface area is 324 Å². The second kappa shape index (κ2) is 13.2. The molecule has 0 radical (unpaired) electrons. The number of fused-ring (bicyclic) bond motifs is 7. The molecule has 0 saturated heterocycles. The van der Waals surface area contributed by atoms with Crippen LogP contribution in [0.1, 0.15) is 28.8 Å². The first kappa shape index (κ1) is 32.1. The third-order valence-electron chi connectivity index (χ3n) is 11.1. The summed E-state index contributed by atoms with van der Waals surface area (Å²) in [5.41, 5.74) is 13.2. The number of hydrogen-bond donors (Lipinski definition) is 0. The van der Waals surface area contributed by atoms with Gasteiger partial charge in [0.25, 0.3) is 0 Å². The highest BCUT2D eigenvalue weighted by atomic mass is 16.5. The van der Waals surface area contributed by atoms with Crippen molar-refractivity contribution in [2.45, 2.75) is 12.0 Å². The first-order chi connectivity index (χ1) is 27.8. The van der Waals surface area contributed by atoms with Crippen LogP contribution in [0, 0.1) is 0 Å². The largest absolute Gasteiger partial charge is 0.484 e. The normalized spacial score (nSPS) is 15.2. The summed E-state index contributed by atoms with van der Waals surface area (Å²) in [4.78, 5) is 15.2. The first-order valence-electron chi connectivity index (χ1n) is 19.0. The van der Waals surface area contributed by atoms with Crippen molar-refractivity contribution in [1.29, 1.82) is 0 Å². The minimum Gasteiger partial charge on any atom is -0.484 e. The summed E-state index contributed by atoms with van der Waals surface area (Å²) in [6.45, 7) is 0. The van der Waals surface area contributed by atoms with E-state index >= 15 is 0 Å². The lowest BCUT2D eigenvalue weighted by molar-refractivity contribution is 0.225. The Balaban J connectivity index is 1.00. The lowest BCUT2D eigenvalue weighted by atomic mass is 9.85. The quantitative estimate of drug-likeness (QED) is 0.172. The van der Waals surface area contributed by atoms with Crippen molar-refractivity contribution in [3.05, 3.63) is 205 Å². The van der Waals surface area contributed by atoms with Crippen LogP contribution in [0.15, 0.2) is 188 Å². The van der Waals surface area contributed by atoms with E-state index in [4.69, 9.17) is 19.7 Å². The van der Waals surface area contributed by atoms with Gasteiger partial charge in [0, 0.05) is 39.2 Å². The van der Waals surface area contributed by atoms with Crippen LogP contribution in [0.5, 0.6) is 5.75 Å². The molecule has 56 heavy (non-hydrogen) atoms. The van der Waals surface area contributed by atoms with Crippen LogP contribution in [0.4, 0.5) is 0 Å². The van der Waals surface area contributed by atoms with Gasteiger partial charge in [-0.2, -0.15) is 0 Å². The molecule has 2 aromatic heterocycles. The summed E-state index contributed by atoms with van der Waals surface area (Å²) in [7, 11) is 0. The number of nitrogens with zero attached hydrogens (tertiary/aromatic N) is 4. The Morgan fingerprint density at radius 1 is 0.446 bits per heavy atom. The molecular weight excluding hydrogens is 685 g/mol. The van der Waals surface area contributed by atoms with Crippen molar-refractivity contribution in [3.8, 4) is 67.9 Å². The highest BCUT2D eigenvalue weighted by molar-refractivity contribution is 5.92. The fourth-order valence-corrected chi connectivity index (χ4v) is 8.37. The molecule has 5 nitrogen and oxygen atoms in total. The van der Waals surface area contributed by atoms with E-state index in [2.05, 4.69) is 162 Å². The molecule has 3 heterocycles. The number of hydrogen-bond acceptors (Lipinski definition) is 4. The van der Waals surface area contributed by atoms with Gasteiger partial charge in [0.05, 0.1) is 16.8 Å². The summed E-state index contributed by atoms with van der Waals surface area (Å²) in [6.07, 6.45) is 4.38. The first-order valence-corrected chi connectivity index (χ1v) is 19.0. The highest BCUT2D eigenvalue weighted by Gasteiger charge is 2.41. The molecular formula is C51H34N4O. The molecule has 1 aliphatic heterocycles. The molecule has 7 aromatic carbocycles. The summed E-state index contributed by atoms with van der Waals surface area (Å²) in [5.74, 6) is 2.68. The molecule has 0 saturated carbocycles. The van der Waals surface area contributed by atoms with Crippen LogP contribution in [0.2, 0.25) is 0 Å². The predicted octanol–water partition coefficient (Wildman–Crippen LogP) is 12.4. The van der Waals surface area contributed by atoms with E-state index in [1.165, 1.54) is 27.6 Å². The molecule has 9 aromatic rings. The number of ether oxygens (including phenoxy) is 1. The topological polar surface area (TPSA) is 52.8 Å². The number of benzene rings is 7. The molecule has 0 bridgehead atoms. The molecule has 1 aliphatic carbocycles. The van der Waals surface area contributed by atoms with Gasteiger partial charge in [0.1, 0.15) is 11.9 Å². The molecule has 2 atom stereocenters. The Hall–Kier alpha value is -7.37. The highest BCUT2D eigenvalue weighted by Crippen LogP contribution is 2.55. The van der Waals surface area contributed by atoms with Gasteiger partial charge < -0.3 is 9.30 Å². The maximum Gasteiger partial charge on any atom is 0.167 e. The molecule has 0 amide bonds. The van der Waals surface area contributed by atoms with Gasteiger partial charge in [-0.25, -0.2) is 15.0 Å². The summed E-state index contributed by atoms with van der Waals surface area (Å²) in [6, 6.07) is 63.3. The van der Waals surface area contributed by atoms with Crippen LogP contribution < -0.4 is 4.74 Å². The fourth-order valence-electron chi connectivity index (χ4n) is 8.37. The van der Waals surface area contributed by atoms with Crippen molar-refractivity contribution in [3.63, 3.8) is 0 Å². The number of para-hydroxylation sites is 2. The SMILES string of the molecule is C1=CC2c3cccc(-c4nc(-c5ccccc5)nc(-c5ccc(-c6ccccc6)cc5)n4)c3OC2c2c1n(-c1ccc(-c3ccccc3)cc1)c1ccccc21. The maximum absolute atomic E-state index is 7.15. The van der Waals surface area contributed by atoms with Crippen molar-refractivity contribution in [2.24, 2.45) is 0 Å². The van der Waals surface area contributed by atoms with Gasteiger partial charge in [0.2, 0.25) is 0 Å². The van der Waals surface area contributed by atoms with Crippen LogP contribution in [0.3, 0.4) is 0 Å². The van der Waals surface area contributed by atoms with E-state index in [1.807, 2.05) is 36.4 Å². The second-order valence-corrected chi connectivity index (χ2v) is 14.3. The molecule has 5 heteroatoms. The zero-order valence-electron chi connectivity index (χ0n) is 30.3. The van der Waals surface area contributed by atoms with Gasteiger partial charge in [-0.3, -0.25) is 0 Å². The average molecular weight is 719 g/mol. The monoisotopic (exact) mass is 718 g/mol. The molecule has 2 unspecified atom stereocenters. The summed E-state index contributed by atoms with van der Waals surface area (Å²) >= 11 is 0. The fraction of sp³-hybridized carbons (Fsp3) is 0.0392. The second-order valence-electron chi connectivity index (χ2n) is 14.3. The summed E-state index contributed by atoms with van der Waals surface area (Å²) < 4.78 is 9.52. The van der Waals surface area contributed by atoms with E-state index in [-0.39, 0.29) is 12.0 Å². The van der Waals surface area contributed by atoms with Crippen molar-refractivity contribution in [1.82, 2.24) is 19.5 Å². The molecule has 0 fully saturated rings. The van der Waals surface area contributed by atoms with Crippen LogP contribution in [0.25, 0.3) is 79.1 Å². The summed E-state index contributed by atoms with van der Waals surface area (Å²) in [5, 5.41) is 1.19. The lowest BCUT2D eigenvalue weighted by Crippen LogP contribution is -2.13. The van der Waals surface area contributed by atoms with E-state index < -0.39 is 0 Å². The average Bonchev–Trinajstić information content (AvgIpc) is 3.83. The van der Waals surface area contributed by atoms with Crippen molar-refractivity contribution >= 4 is 17.0 Å². The Morgan fingerprint density at radius 3 is 1.62 bits per heavy atom. The smallest absolute Gasteiger partial charge is 0.167 e. The van der Waals surface area contributed by atoms with Gasteiger partial charge in [-0.1, -0.05) is 164 Å². The Kier molecular flexibility index (Phi) is 7.56. The molecule has 264 valence electrons. The van der Waals surface area contributed by atoms with Gasteiger partial charge in [-0.05, 0) is 52.6 Å². The molecule has 0 N–H and O–H groups in total. The van der Waals surface area contributed by atoms with E-state index in [9.17, 15) is 0 Å². The zero-order chi connectivity index (χ0) is 37.0. The standard InChI is InChI=1S/C51H34N4O/c1-4-13-33(14-5-1)35-23-25-38(26-24-35)50-52-49(37-17-8-3-9-18-37)53-51(54-50)43-21-12-20-40-41-31-32-45-46(48(41)56-47(40)43)42-19-10-11-22-44(42)55(45)39-29-27-36(28-30-39)34-15-6-2-7-16-34/h1-32,41,48H. The van der Waals surface area contributed by atoms with Gasteiger partial charge in [-0.15, -0.1) is 0 Å². The molecule has 0 spiro atoms. The van der Waals surface area contributed by atoms with E-state index in [1.54, 1.807) is 0 Å². The predicted molar refractivity (Wildman–Crippen MR) is 225 cm³/mol. The van der Waals surface area contributed by atoms with Crippen LogP contribution in [-0.4, -0.2) is 19.5 Å². The third-order valence-corrected chi connectivity index (χ3v) is 11.1. The van der Waals surface area contributed by atoms with Gasteiger partial charge >= 0.3 is 0 Å².